The van der Waals surface area contributed by atoms with Gasteiger partial charge in [0.2, 0.25) is 5.91 Å². The SMILES string of the molecule is CC[C@@H](C)[C@H](NC(=O)C[C@H](c1ccc(F)cc1)c1ccc(Cl)cc1)C(=O)O. The molecular weight excluding hydrogens is 369 g/mol. The number of halogens is 2. The lowest BCUT2D eigenvalue weighted by atomic mass is 9.88. The van der Waals surface area contributed by atoms with Gasteiger partial charge in [0.1, 0.15) is 11.9 Å². The van der Waals surface area contributed by atoms with Gasteiger partial charge in [0, 0.05) is 17.4 Å². The van der Waals surface area contributed by atoms with Gasteiger partial charge < -0.3 is 10.4 Å². The summed E-state index contributed by atoms with van der Waals surface area (Å²) in [6.07, 6.45) is 0.684. The molecule has 0 spiro atoms. The number of hydrogen-bond acceptors (Lipinski definition) is 2. The number of carbonyl (C=O) groups is 2. The van der Waals surface area contributed by atoms with Gasteiger partial charge in [-0.1, -0.05) is 56.1 Å². The van der Waals surface area contributed by atoms with E-state index < -0.39 is 12.0 Å². The molecule has 3 atom stereocenters. The van der Waals surface area contributed by atoms with Crippen LogP contribution in [0.15, 0.2) is 48.5 Å². The van der Waals surface area contributed by atoms with Gasteiger partial charge in [-0.3, -0.25) is 4.79 Å². The number of amides is 1. The van der Waals surface area contributed by atoms with Crippen molar-refractivity contribution in [2.75, 3.05) is 0 Å². The minimum Gasteiger partial charge on any atom is -0.480 e. The normalized spacial score (nSPS) is 14.2. The number of nitrogens with one attached hydrogen (secondary N) is 1. The summed E-state index contributed by atoms with van der Waals surface area (Å²) in [6, 6.07) is 12.1. The fourth-order valence-electron chi connectivity index (χ4n) is 2.92. The maximum absolute atomic E-state index is 13.3. The Morgan fingerprint density at radius 2 is 1.59 bits per heavy atom. The van der Waals surface area contributed by atoms with Gasteiger partial charge in [0.25, 0.3) is 0 Å². The number of hydrogen-bond donors (Lipinski definition) is 2. The minimum absolute atomic E-state index is 0.0491. The van der Waals surface area contributed by atoms with Gasteiger partial charge >= 0.3 is 5.97 Å². The van der Waals surface area contributed by atoms with Gasteiger partial charge in [-0.25, -0.2) is 9.18 Å². The predicted octanol–water partition coefficient (Wildman–Crippen LogP) is 4.62. The third-order valence-corrected chi connectivity index (χ3v) is 4.98. The van der Waals surface area contributed by atoms with Crippen molar-refractivity contribution >= 4 is 23.5 Å². The van der Waals surface area contributed by atoms with E-state index in [1.54, 1.807) is 31.2 Å². The van der Waals surface area contributed by atoms with Gasteiger partial charge in [-0.05, 0) is 41.3 Å². The van der Waals surface area contributed by atoms with Crippen LogP contribution in [0.1, 0.15) is 43.7 Å². The number of carboxylic acid groups (broad SMARTS) is 1. The number of benzene rings is 2. The molecule has 0 radical (unpaired) electrons. The maximum Gasteiger partial charge on any atom is 0.326 e. The zero-order valence-corrected chi connectivity index (χ0v) is 16.0. The molecule has 2 rings (SSSR count). The first-order valence-corrected chi connectivity index (χ1v) is 9.22. The summed E-state index contributed by atoms with van der Waals surface area (Å²) in [5.41, 5.74) is 1.61. The van der Waals surface area contributed by atoms with E-state index in [0.717, 1.165) is 11.1 Å². The van der Waals surface area contributed by atoms with Crippen molar-refractivity contribution in [1.82, 2.24) is 5.32 Å². The van der Waals surface area contributed by atoms with E-state index in [1.165, 1.54) is 12.1 Å². The van der Waals surface area contributed by atoms with Crippen molar-refractivity contribution in [3.8, 4) is 0 Å². The number of carboxylic acids is 1. The lowest BCUT2D eigenvalue weighted by Crippen LogP contribution is -2.45. The van der Waals surface area contributed by atoms with E-state index >= 15 is 0 Å². The molecule has 0 aliphatic carbocycles. The average molecular weight is 392 g/mol. The molecule has 0 unspecified atom stereocenters. The molecule has 4 nitrogen and oxygen atoms in total. The molecule has 0 bridgehead atoms. The molecule has 0 aromatic heterocycles. The van der Waals surface area contributed by atoms with Gasteiger partial charge in [-0.15, -0.1) is 0 Å². The van der Waals surface area contributed by atoms with Crippen LogP contribution in [0.5, 0.6) is 0 Å². The van der Waals surface area contributed by atoms with Crippen molar-refractivity contribution in [2.24, 2.45) is 5.92 Å². The van der Waals surface area contributed by atoms with Crippen LogP contribution in [0.25, 0.3) is 0 Å². The van der Waals surface area contributed by atoms with Crippen molar-refractivity contribution in [2.45, 2.75) is 38.6 Å². The molecule has 27 heavy (non-hydrogen) atoms. The summed E-state index contributed by atoms with van der Waals surface area (Å²) in [4.78, 5) is 24.1. The first-order chi connectivity index (χ1) is 12.8. The second-order valence-electron chi connectivity index (χ2n) is 6.63. The summed E-state index contributed by atoms with van der Waals surface area (Å²) in [7, 11) is 0. The number of carbonyl (C=O) groups excluding carboxylic acids is 1. The Balaban J connectivity index is 2.25. The van der Waals surface area contributed by atoms with Crippen LogP contribution in [0.3, 0.4) is 0 Å². The maximum atomic E-state index is 13.3. The quantitative estimate of drug-likeness (QED) is 0.690. The standard InChI is InChI=1S/C21H23ClFNO3/c1-3-13(2)20(21(26)27)24-19(25)12-18(14-4-8-16(22)9-5-14)15-6-10-17(23)11-7-15/h4-11,13,18,20H,3,12H2,1-2H3,(H,24,25)(H,26,27)/t13-,18+,20+/m1/s1. The number of aliphatic carboxylic acids is 1. The molecular formula is C21H23ClFNO3. The first kappa shape index (κ1) is 20.9. The van der Waals surface area contributed by atoms with E-state index in [2.05, 4.69) is 5.32 Å². The van der Waals surface area contributed by atoms with Gasteiger partial charge in [0.15, 0.2) is 0 Å². The van der Waals surface area contributed by atoms with Crippen LogP contribution in [0, 0.1) is 11.7 Å². The van der Waals surface area contributed by atoms with E-state index in [9.17, 15) is 19.1 Å². The van der Waals surface area contributed by atoms with Gasteiger partial charge in [-0.2, -0.15) is 0 Å². The van der Waals surface area contributed by atoms with Crippen molar-refractivity contribution in [3.05, 3.63) is 70.5 Å². The Bertz CT molecular complexity index is 732. The lowest BCUT2D eigenvalue weighted by Gasteiger charge is -2.23. The van der Waals surface area contributed by atoms with Crippen LogP contribution in [-0.4, -0.2) is 23.0 Å². The summed E-state index contributed by atoms with van der Waals surface area (Å²) < 4.78 is 13.3. The fraction of sp³-hybridized carbons (Fsp3) is 0.333. The molecule has 0 saturated carbocycles. The largest absolute Gasteiger partial charge is 0.480 e. The van der Waals surface area contributed by atoms with Crippen molar-refractivity contribution in [1.29, 1.82) is 0 Å². The second kappa shape index (κ2) is 9.51. The zero-order chi connectivity index (χ0) is 20.0. The smallest absolute Gasteiger partial charge is 0.326 e. The Morgan fingerprint density at radius 3 is 2.07 bits per heavy atom. The highest BCUT2D eigenvalue weighted by Gasteiger charge is 2.27. The topological polar surface area (TPSA) is 66.4 Å². The first-order valence-electron chi connectivity index (χ1n) is 8.85. The molecule has 144 valence electrons. The molecule has 2 aromatic carbocycles. The summed E-state index contributed by atoms with van der Waals surface area (Å²) >= 11 is 5.95. The summed E-state index contributed by atoms with van der Waals surface area (Å²) in [6.45, 7) is 3.66. The van der Waals surface area contributed by atoms with E-state index in [1.807, 2.05) is 19.1 Å². The molecule has 2 aromatic rings. The van der Waals surface area contributed by atoms with Crippen LogP contribution in [0.2, 0.25) is 5.02 Å². The molecule has 0 aliphatic heterocycles. The molecule has 2 N–H and O–H groups in total. The van der Waals surface area contributed by atoms with Crippen LogP contribution in [-0.2, 0) is 9.59 Å². The molecule has 0 fully saturated rings. The minimum atomic E-state index is -1.05. The Kier molecular flexibility index (Phi) is 7.36. The van der Waals surface area contributed by atoms with E-state index in [4.69, 9.17) is 11.6 Å². The average Bonchev–Trinajstić information content (AvgIpc) is 2.65. The number of rotatable bonds is 8. The zero-order valence-electron chi connectivity index (χ0n) is 15.3. The summed E-state index contributed by atoms with van der Waals surface area (Å²) in [5.74, 6) is -2.31. The van der Waals surface area contributed by atoms with E-state index in [-0.39, 0.29) is 30.0 Å². The van der Waals surface area contributed by atoms with Gasteiger partial charge in [0.05, 0.1) is 0 Å². The Hall–Kier alpha value is -2.40. The highest BCUT2D eigenvalue weighted by atomic mass is 35.5. The molecule has 0 aliphatic rings. The Morgan fingerprint density at radius 1 is 1.07 bits per heavy atom. The van der Waals surface area contributed by atoms with Crippen LogP contribution >= 0.6 is 11.6 Å². The predicted molar refractivity (Wildman–Crippen MR) is 103 cm³/mol. The van der Waals surface area contributed by atoms with Crippen molar-refractivity contribution in [3.63, 3.8) is 0 Å². The molecule has 1 amide bonds. The van der Waals surface area contributed by atoms with Crippen LogP contribution in [0.4, 0.5) is 4.39 Å². The lowest BCUT2D eigenvalue weighted by molar-refractivity contribution is -0.143. The van der Waals surface area contributed by atoms with Crippen molar-refractivity contribution < 1.29 is 19.1 Å². The highest BCUT2D eigenvalue weighted by Crippen LogP contribution is 2.29. The fourth-order valence-corrected chi connectivity index (χ4v) is 3.05. The molecule has 0 saturated heterocycles. The third kappa shape index (κ3) is 5.79. The van der Waals surface area contributed by atoms with Crippen LogP contribution < -0.4 is 5.32 Å². The van der Waals surface area contributed by atoms with E-state index in [0.29, 0.717) is 11.4 Å². The third-order valence-electron chi connectivity index (χ3n) is 4.73. The monoisotopic (exact) mass is 391 g/mol. The summed E-state index contributed by atoms with van der Waals surface area (Å²) in [5, 5.41) is 12.6. The molecule has 0 heterocycles. The second-order valence-corrected chi connectivity index (χ2v) is 7.07. The highest BCUT2D eigenvalue weighted by molar-refractivity contribution is 6.30. The Labute approximate surface area is 163 Å². The molecule has 6 heteroatoms.